The van der Waals surface area contributed by atoms with E-state index in [-0.39, 0.29) is 6.04 Å². The Hall–Kier alpha value is -0.940. The molecule has 2 N–H and O–H groups in total. The molecule has 1 aromatic rings. The Morgan fingerprint density at radius 1 is 1.53 bits per heavy atom. The van der Waals surface area contributed by atoms with Crippen LogP contribution < -0.4 is 5.73 Å². The molecule has 2 atom stereocenters. The van der Waals surface area contributed by atoms with Crippen molar-refractivity contribution in [3.8, 4) is 0 Å². The van der Waals surface area contributed by atoms with E-state index in [9.17, 15) is 0 Å². The predicted octanol–water partition coefficient (Wildman–Crippen LogP) is 0.411. The van der Waals surface area contributed by atoms with Crippen LogP contribution in [0.25, 0.3) is 0 Å². The van der Waals surface area contributed by atoms with Crippen molar-refractivity contribution in [3.63, 3.8) is 0 Å². The molecule has 2 unspecified atom stereocenters. The van der Waals surface area contributed by atoms with Gasteiger partial charge in [-0.15, -0.1) is 0 Å². The topological polar surface area (TPSA) is 68.2 Å². The number of hydrogen-bond donors (Lipinski definition) is 1. The smallest absolute Gasteiger partial charge is 0.226 e. The number of aryl methyl sites for hydroxylation is 1. The number of nitrogens with zero attached hydrogens (tertiary/aromatic N) is 3. The van der Waals surface area contributed by atoms with Crippen LogP contribution in [0, 0.1) is 5.92 Å². The van der Waals surface area contributed by atoms with Crippen molar-refractivity contribution in [2.75, 3.05) is 13.1 Å². The van der Waals surface area contributed by atoms with Crippen LogP contribution in [-0.4, -0.2) is 34.2 Å². The van der Waals surface area contributed by atoms with Crippen LogP contribution in [-0.2, 0) is 13.0 Å². The first-order valence-electron chi connectivity index (χ1n) is 5.48. The van der Waals surface area contributed by atoms with Gasteiger partial charge >= 0.3 is 0 Å². The second-order valence-electron chi connectivity index (χ2n) is 4.29. The molecule has 1 aromatic heterocycles. The second-order valence-corrected chi connectivity index (χ2v) is 4.29. The van der Waals surface area contributed by atoms with E-state index in [2.05, 4.69) is 22.0 Å². The largest absolute Gasteiger partial charge is 0.339 e. The normalized spacial score (nSPS) is 27.4. The van der Waals surface area contributed by atoms with E-state index in [1.54, 1.807) is 0 Å². The van der Waals surface area contributed by atoms with Gasteiger partial charge in [-0.25, -0.2) is 0 Å². The van der Waals surface area contributed by atoms with Gasteiger partial charge in [0.15, 0.2) is 5.82 Å². The van der Waals surface area contributed by atoms with Crippen molar-refractivity contribution in [1.29, 1.82) is 0 Å². The van der Waals surface area contributed by atoms with E-state index in [1.807, 2.05) is 6.92 Å². The van der Waals surface area contributed by atoms with Crippen LogP contribution in [0.4, 0.5) is 0 Å². The maximum Gasteiger partial charge on any atom is 0.226 e. The molecule has 1 aliphatic rings. The summed E-state index contributed by atoms with van der Waals surface area (Å²) in [6.45, 7) is 6.89. The van der Waals surface area contributed by atoms with Crippen molar-refractivity contribution >= 4 is 0 Å². The van der Waals surface area contributed by atoms with Crippen molar-refractivity contribution in [3.05, 3.63) is 11.7 Å². The van der Waals surface area contributed by atoms with Gasteiger partial charge < -0.3 is 10.3 Å². The third-order valence-electron chi connectivity index (χ3n) is 2.92. The first-order valence-corrected chi connectivity index (χ1v) is 5.48. The van der Waals surface area contributed by atoms with E-state index in [0.29, 0.717) is 11.8 Å². The average molecular weight is 210 g/mol. The van der Waals surface area contributed by atoms with Crippen molar-refractivity contribution in [2.24, 2.45) is 11.7 Å². The second kappa shape index (κ2) is 4.28. The molecule has 2 heterocycles. The highest BCUT2D eigenvalue weighted by Crippen LogP contribution is 2.16. The Bertz CT molecular complexity index is 315. The Morgan fingerprint density at radius 2 is 2.33 bits per heavy atom. The minimum atomic E-state index is 0.280. The molecule has 2 rings (SSSR count). The molecule has 0 aromatic carbocycles. The molecule has 0 saturated carbocycles. The summed E-state index contributed by atoms with van der Waals surface area (Å²) >= 11 is 0. The summed E-state index contributed by atoms with van der Waals surface area (Å²) in [5, 5.41) is 3.93. The molecule has 0 aliphatic carbocycles. The number of aromatic nitrogens is 2. The van der Waals surface area contributed by atoms with E-state index in [0.717, 1.165) is 31.9 Å². The minimum Gasteiger partial charge on any atom is -0.339 e. The third-order valence-corrected chi connectivity index (χ3v) is 2.92. The van der Waals surface area contributed by atoms with Crippen molar-refractivity contribution < 1.29 is 4.52 Å². The lowest BCUT2D eigenvalue weighted by Crippen LogP contribution is -2.28. The summed E-state index contributed by atoms with van der Waals surface area (Å²) < 4.78 is 5.06. The van der Waals surface area contributed by atoms with Gasteiger partial charge in [0.25, 0.3) is 0 Å². The monoisotopic (exact) mass is 210 g/mol. The minimum absolute atomic E-state index is 0.280. The Labute approximate surface area is 89.6 Å². The Kier molecular flexibility index (Phi) is 3.02. The summed E-state index contributed by atoms with van der Waals surface area (Å²) in [5.41, 5.74) is 5.95. The van der Waals surface area contributed by atoms with Crippen LogP contribution in [0.15, 0.2) is 4.52 Å². The zero-order chi connectivity index (χ0) is 10.8. The van der Waals surface area contributed by atoms with E-state index < -0.39 is 0 Å². The third kappa shape index (κ3) is 2.35. The maximum absolute atomic E-state index is 5.95. The van der Waals surface area contributed by atoms with Gasteiger partial charge in [0.2, 0.25) is 5.89 Å². The number of hydrogen-bond acceptors (Lipinski definition) is 5. The van der Waals surface area contributed by atoms with Crippen molar-refractivity contribution in [1.82, 2.24) is 15.0 Å². The summed E-state index contributed by atoms with van der Waals surface area (Å²) in [5.74, 6) is 2.04. The molecular formula is C10H18N4O. The quantitative estimate of drug-likeness (QED) is 0.782. The van der Waals surface area contributed by atoms with Crippen molar-refractivity contribution in [2.45, 2.75) is 32.9 Å². The van der Waals surface area contributed by atoms with Gasteiger partial charge in [-0.3, -0.25) is 4.90 Å². The zero-order valence-corrected chi connectivity index (χ0v) is 9.31. The number of likely N-dealkylation sites (tertiary alicyclic amines) is 1. The highest BCUT2D eigenvalue weighted by atomic mass is 16.5. The number of nitrogens with two attached hydrogens (primary N) is 1. The molecule has 15 heavy (non-hydrogen) atoms. The molecule has 5 heteroatoms. The summed E-state index contributed by atoms with van der Waals surface area (Å²) in [4.78, 5) is 6.56. The van der Waals surface area contributed by atoms with Crippen LogP contribution in [0.3, 0.4) is 0 Å². The summed E-state index contributed by atoms with van der Waals surface area (Å²) in [6.07, 6.45) is 0.795. The molecule has 84 valence electrons. The van der Waals surface area contributed by atoms with Gasteiger partial charge in [0, 0.05) is 25.6 Å². The van der Waals surface area contributed by atoms with Crippen LogP contribution in [0.5, 0.6) is 0 Å². The maximum atomic E-state index is 5.95. The fourth-order valence-corrected chi connectivity index (χ4v) is 1.92. The van der Waals surface area contributed by atoms with E-state index in [4.69, 9.17) is 10.3 Å². The van der Waals surface area contributed by atoms with Gasteiger partial charge in [0.05, 0.1) is 6.54 Å². The standard InChI is InChI=1S/C10H18N4O/c1-3-10-12-9(13-15-10)6-14-4-7(2)8(11)5-14/h7-8H,3-6,11H2,1-2H3. The Morgan fingerprint density at radius 3 is 2.87 bits per heavy atom. The molecule has 1 saturated heterocycles. The summed E-state index contributed by atoms with van der Waals surface area (Å²) in [7, 11) is 0. The first kappa shape index (κ1) is 10.6. The van der Waals surface area contributed by atoms with Crippen LogP contribution >= 0.6 is 0 Å². The molecule has 1 fully saturated rings. The first-order chi connectivity index (χ1) is 7.19. The fourth-order valence-electron chi connectivity index (χ4n) is 1.92. The average Bonchev–Trinajstić information content (AvgIpc) is 2.76. The summed E-state index contributed by atoms with van der Waals surface area (Å²) in [6, 6.07) is 0.280. The molecule has 1 aliphatic heterocycles. The molecule has 0 amide bonds. The van der Waals surface area contributed by atoms with Gasteiger partial charge in [-0.2, -0.15) is 4.98 Å². The molecule has 0 spiro atoms. The molecule has 5 nitrogen and oxygen atoms in total. The molecule has 0 radical (unpaired) electrons. The van der Waals surface area contributed by atoms with Crippen LogP contribution in [0.2, 0.25) is 0 Å². The van der Waals surface area contributed by atoms with Gasteiger partial charge in [-0.05, 0) is 5.92 Å². The zero-order valence-electron chi connectivity index (χ0n) is 9.31. The molecular weight excluding hydrogens is 192 g/mol. The highest BCUT2D eigenvalue weighted by molar-refractivity contribution is 4.90. The molecule has 0 bridgehead atoms. The van der Waals surface area contributed by atoms with Crippen LogP contribution in [0.1, 0.15) is 25.6 Å². The van der Waals surface area contributed by atoms with Gasteiger partial charge in [-0.1, -0.05) is 19.0 Å². The van der Waals surface area contributed by atoms with E-state index >= 15 is 0 Å². The van der Waals surface area contributed by atoms with Gasteiger partial charge in [0.1, 0.15) is 0 Å². The predicted molar refractivity (Wildman–Crippen MR) is 56.1 cm³/mol. The Balaban J connectivity index is 1.92. The van der Waals surface area contributed by atoms with E-state index in [1.165, 1.54) is 0 Å². The lowest BCUT2D eigenvalue weighted by atomic mass is 10.1. The lowest BCUT2D eigenvalue weighted by Gasteiger charge is -2.11. The highest BCUT2D eigenvalue weighted by Gasteiger charge is 2.27. The fraction of sp³-hybridized carbons (Fsp3) is 0.800. The number of rotatable bonds is 3. The lowest BCUT2D eigenvalue weighted by molar-refractivity contribution is 0.300. The SMILES string of the molecule is CCc1nc(CN2CC(C)C(N)C2)no1.